The van der Waals surface area contributed by atoms with Crippen molar-refractivity contribution in [1.29, 1.82) is 0 Å². The minimum absolute atomic E-state index is 0.127. The van der Waals surface area contributed by atoms with Gasteiger partial charge in [0.25, 0.3) is 23.6 Å². The Hall–Kier alpha value is -15.2. The largest absolute Gasteiger partial charge is 0.459 e. The molecule has 8 aromatic rings. The zero-order valence-electron chi connectivity index (χ0n) is 83.2. The molecule has 4 heterocycles. The molecule has 4 amide bonds. The van der Waals surface area contributed by atoms with Gasteiger partial charge in [0.15, 0.2) is 0 Å². The van der Waals surface area contributed by atoms with Crippen LogP contribution in [0, 0.1) is 0 Å². The Morgan fingerprint density at radius 2 is 0.456 bits per heavy atom. The Morgan fingerprint density at radius 3 is 0.669 bits per heavy atom. The predicted octanol–water partition coefficient (Wildman–Crippen LogP) is 17.3. The fourth-order valence-corrected chi connectivity index (χ4v) is 12.7. The Balaban J connectivity index is 0.000000232. The average molecular weight is 1850 g/mol. The van der Waals surface area contributed by atoms with E-state index in [-0.39, 0.29) is 61.2 Å². The van der Waals surface area contributed by atoms with Gasteiger partial charge in [0.05, 0.1) is 0 Å². The summed E-state index contributed by atoms with van der Waals surface area (Å²) < 4.78 is 21.4. The number of aliphatic imine (C=N–C) groups is 4. The van der Waals surface area contributed by atoms with Gasteiger partial charge in [0.2, 0.25) is 0 Å². The van der Waals surface area contributed by atoms with Crippen molar-refractivity contribution in [1.82, 2.24) is 19.6 Å². The molecule has 0 spiro atoms. The first-order valence-corrected chi connectivity index (χ1v) is 44.2. The number of amidine groups is 4. The lowest BCUT2D eigenvalue weighted by atomic mass is 10.1. The third-order valence-electron chi connectivity index (χ3n) is 19.4. The summed E-state index contributed by atoms with van der Waals surface area (Å²) >= 11 is 0. The summed E-state index contributed by atoms with van der Waals surface area (Å²) in [5.41, 5.74) is 12.1. The van der Waals surface area contributed by atoms with Crippen molar-refractivity contribution >= 4 is 154 Å². The van der Waals surface area contributed by atoms with Crippen LogP contribution in [-0.4, -0.2) is 236 Å². The number of carbonyl (C=O) groups excluding carboxylic acids is 10. The number of nitrogens with zero attached hydrogens (tertiary/aromatic N) is 14. The van der Waals surface area contributed by atoms with Crippen molar-refractivity contribution < 1.29 is 66.9 Å². The van der Waals surface area contributed by atoms with E-state index < -0.39 is 46.3 Å². The number of benzene rings is 8. The van der Waals surface area contributed by atoms with Crippen LogP contribution in [0.25, 0.3) is 36.5 Å². The van der Waals surface area contributed by atoms with Gasteiger partial charge < -0.3 is 48.3 Å². The minimum atomic E-state index is -0.645. The summed E-state index contributed by atoms with van der Waals surface area (Å²) in [5.74, 6) is -1.33. The number of esters is 4. The van der Waals surface area contributed by atoms with E-state index in [0.29, 0.717) is 34.7 Å². The maximum absolute atomic E-state index is 13.2. The summed E-state index contributed by atoms with van der Waals surface area (Å²) in [6.45, 7) is 24.3. The van der Waals surface area contributed by atoms with Gasteiger partial charge in [-0.3, -0.25) is 67.5 Å². The van der Waals surface area contributed by atoms with Crippen LogP contribution in [-0.2, 0) is 57.3 Å². The standard InChI is InChI=1S/C28H34N4O3.C26H29N3O3.C19H25N3O3.C17H20N2O3.2C9H11NO/c1-28(2,3)35-26(33)19-32-25(17-12-20-8-13-22(14-9-20)30(4)5)29-24(27(32)34)18-21-10-15-23(16-11-21)31(6)7;1-26(2,3)32-24(30)18-29-23(16-13-19-11-14-21(15-12-19)28(4)5)27-22(25(29)31)17-20-9-7-6-8-10-20;1-13-20-16(11-14-7-9-15(10-8-14)21(5)6)18(24)22(13)12-17(23)25-19(2,3)4;1-12-18-14(10-13-8-6-5-7-9-13)16(21)19(12)11-15(20)22-17(2,3)4;2*1-10(2)9-5-3-8(7-11)4-6-9/h8-18H,19H2,1-7H3;6-17H,18H2,1-5H3;7-11H,12H2,1-6H3;5-10H,11H2,1-4H3;2*3-7H,1-2H3/b17-12+,24-18-;16-13+,22-17-;16-11-;14-10-;;. The van der Waals surface area contributed by atoms with E-state index in [1.165, 1.54) is 19.6 Å². The van der Waals surface area contributed by atoms with Crippen LogP contribution < -0.4 is 29.4 Å². The molecular weight excluding hydrogens is 1720 g/mol. The molecule has 4 aliphatic heterocycles. The first-order valence-electron chi connectivity index (χ1n) is 44.2. The van der Waals surface area contributed by atoms with Gasteiger partial charge in [-0.2, -0.15) is 0 Å². The van der Waals surface area contributed by atoms with Crippen LogP contribution in [0.4, 0.5) is 34.1 Å². The molecule has 8 aromatic carbocycles. The van der Waals surface area contributed by atoms with Crippen LogP contribution in [0.3, 0.4) is 0 Å². The number of anilines is 6. The lowest BCUT2D eigenvalue weighted by molar-refractivity contribution is -0.157. The van der Waals surface area contributed by atoms with Gasteiger partial charge in [0, 0.05) is 130 Å². The molecule has 28 nitrogen and oxygen atoms in total. The predicted molar refractivity (Wildman–Crippen MR) is 550 cm³/mol. The highest BCUT2D eigenvalue weighted by molar-refractivity contribution is 6.21. The number of carbonyl (C=O) groups is 10. The summed E-state index contributed by atoms with van der Waals surface area (Å²) in [4.78, 5) is 156. The third-order valence-corrected chi connectivity index (χ3v) is 19.4. The smallest absolute Gasteiger partial charge is 0.326 e. The van der Waals surface area contributed by atoms with E-state index in [4.69, 9.17) is 18.9 Å². The van der Waals surface area contributed by atoms with E-state index in [9.17, 15) is 47.9 Å². The average Bonchev–Trinajstić information content (AvgIpc) is 1.24. The van der Waals surface area contributed by atoms with E-state index >= 15 is 0 Å². The van der Waals surface area contributed by atoms with Gasteiger partial charge in [-0.25, -0.2) is 20.0 Å². The quantitative estimate of drug-likeness (QED) is 0.0235. The molecule has 28 heteroatoms. The first kappa shape index (κ1) is 108. The van der Waals surface area contributed by atoms with Crippen LogP contribution in [0.15, 0.2) is 261 Å². The minimum Gasteiger partial charge on any atom is -0.459 e. The number of amides is 4. The Morgan fingerprint density at radius 1 is 0.265 bits per heavy atom. The molecule has 136 heavy (non-hydrogen) atoms. The van der Waals surface area contributed by atoms with Crippen molar-refractivity contribution in [3.8, 4) is 0 Å². The highest BCUT2D eigenvalue weighted by Crippen LogP contribution is 2.28. The lowest BCUT2D eigenvalue weighted by Gasteiger charge is -2.22. The number of aldehydes is 2. The molecule has 0 saturated carbocycles. The molecule has 4 aliphatic rings. The zero-order valence-corrected chi connectivity index (χ0v) is 83.2. The van der Waals surface area contributed by atoms with Gasteiger partial charge in [-0.1, -0.05) is 121 Å². The van der Waals surface area contributed by atoms with Crippen LogP contribution in [0.5, 0.6) is 0 Å². The lowest BCUT2D eigenvalue weighted by Crippen LogP contribution is -2.39. The summed E-state index contributed by atoms with van der Waals surface area (Å²) in [6.07, 6.45) is 15.8. The summed E-state index contributed by atoms with van der Waals surface area (Å²) in [6, 6.07) is 65.5. The molecule has 716 valence electrons. The fourth-order valence-electron chi connectivity index (χ4n) is 12.7. The molecule has 0 unspecified atom stereocenters. The number of ether oxygens (including phenoxy) is 4. The second kappa shape index (κ2) is 49.5. The van der Waals surface area contributed by atoms with Gasteiger partial charge in [-0.15, -0.1) is 0 Å². The maximum Gasteiger partial charge on any atom is 0.326 e. The topological polar surface area (TPSA) is 289 Å². The molecule has 0 atom stereocenters. The fraction of sp³-hybridized carbons (Fsp3) is 0.315. The maximum atomic E-state index is 13.2. The Kier molecular flexibility index (Phi) is 39.2. The van der Waals surface area contributed by atoms with Crippen LogP contribution in [0.2, 0.25) is 0 Å². The normalized spacial score (nSPS) is 14.7. The Bertz CT molecular complexity index is 5750. The zero-order chi connectivity index (χ0) is 101. The van der Waals surface area contributed by atoms with Crippen LogP contribution in [0.1, 0.15) is 151 Å². The first-order chi connectivity index (χ1) is 63.8. The van der Waals surface area contributed by atoms with Gasteiger partial charge in [0.1, 0.15) is 107 Å². The monoisotopic (exact) mass is 1850 g/mol. The summed E-state index contributed by atoms with van der Waals surface area (Å²) in [5, 5.41) is 0. The van der Waals surface area contributed by atoms with Gasteiger partial charge >= 0.3 is 23.9 Å². The molecular formula is C108H130N14O14. The van der Waals surface area contributed by atoms with Crippen molar-refractivity contribution in [3.05, 3.63) is 286 Å². The molecule has 0 fully saturated rings. The highest BCUT2D eigenvalue weighted by Gasteiger charge is 2.36. The molecule has 0 saturated heterocycles. The molecule has 0 radical (unpaired) electrons. The van der Waals surface area contributed by atoms with E-state index in [2.05, 4.69) is 20.0 Å². The van der Waals surface area contributed by atoms with Crippen LogP contribution >= 0.6 is 0 Å². The van der Waals surface area contributed by atoms with E-state index in [1.807, 2.05) is 332 Å². The number of hydrogen-bond acceptors (Lipinski definition) is 24. The molecule has 12 rings (SSSR count). The van der Waals surface area contributed by atoms with Gasteiger partial charge in [-0.05, 0) is 264 Å². The van der Waals surface area contributed by atoms with E-state index in [1.54, 1.807) is 133 Å². The van der Waals surface area contributed by atoms with Crippen molar-refractivity contribution in [2.45, 2.75) is 119 Å². The van der Waals surface area contributed by atoms with Crippen molar-refractivity contribution in [3.63, 3.8) is 0 Å². The molecule has 0 aromatic heterocycles. The molecule has 0 aliphatic carbocycles. The molecule has 0 bridgehead atoms. The number of rotatable bonds is 24. The third kappa shape index (κ3) is 35.7. The number of hydrogen-bond donors (Lipinski definition) is 0. The van der Waals surface area contributed by atoms with E-state index in [0.717, 1.165) is 91.2 Å². The van der Waals surface area contributed by atoms with Crippen molar-refractivity contribution in [2.75, 3.05) is 140 Å². The SMILES string of the molecule is CC1=N/C(=C\c2ccc(N(C)C)cc2)C(=O)N1CC(=O)OC(C)(C)C.CC1=N/C(=C\c2ccccc2)C(=O)N1CC(=O)OC(C)(C)C.CN(C)c1ccc(/C=C/C2=NC(=C\c3ccccc3)/C(=O)N2CC(=O)OC(C)(C)C)cc1.CN(C)c1ccc(/C=C2N=C(/C=C/c3ccc(N(C)C)cc3)N(CC(=O)OC(C)(C)C)C\2=O)cc1.CN(C)c1ccc(C=O)cc1.CN(C)c1ccc(C=O)cc1. The second-order valence-corrected chi connectivity index (χ2v) is 36.9. The Labute approximate surface area is 801 Å². The second-order valence-electron chi connectivity index (χ2n) is 36.9. The van der Waals surface area contributed by atoms with Crippen molar-refractivity contribution in [2.24, 2.45) is 20.0 Å². The summed E-state index contributed by atoms with van der Waals surface area (Å²) in [7, 11) is 23.7. The highest BCUT2D eigenvalue weighted by atomic mass is 16.6. The molecule has 0 N–H and O–H groups in total.